The Morgan fingerprint density at radius 1 is 1.23 bits per heavy atom. The van der Waals surface area contributed by atoms with Gasteiger partial charge >= 0.3 is 6.18 Å². The lowest BCUT2D eigenvalue weighted by molar-refractivity contribution is -0.137. The Labute approximate surface area is 125 Å². The standard InChI is InChI=1S/C14H16F3N5/c15-14(16,17)12-5-3-10(4-6-12)13(22-20-9-19-21-22)11-2-1-7-18-8-11/h3-6,9,11,13,18H,1-2,7-8H2/t11?,13-/m1/s1. The molecule has 1 aliphatic heterocycles. The molecule has 2 heterocycles. The summed E-state index contributed by atoms with van der Waals surface area (Å²) in [5.74, 6) is 0.222. The van der Waals surface area contributed by atoms with Crippen LogP contribution in [0.4, 0.5) is 13.2 Å². The van der Waals surface area contributed by atoms with Crippen molar-refractivity contribution in [2.75, 3.05) is 13.1 Å². The molecule has 0 bridgehead atoms. The Balaban J connectivity index is 1.92. The molecule has 22 heavy (non-hydrogen) atoms. The maximum Gasteiger partial charge on any atom is 0.416 e. The molecular weight excluding hydrogens is 295 g/mol. The number of aromatic nitrogens is 4. The van der Waals surface area contributed by atoms with Crippen molar-refractivity contribution in [3.63, 3.8) is 0 Å². The molecule has 8 heteroatoms. The summed E-state index contributed by atoms with van der Waals surface area (Å²) in [6, 6.07) is 5.01. The molecule has 1 unspecified atom stereocenters. The van der Waals surface area contributed by atoms with Gasteiger partial charge in [-0.05, 0) is 48.2 Å². The number of hydrogen-bond acceptors (Lipinski definition) is 4. The fourth-order valence-corrected chi connectivity index (χ4v) is 2.91. The Morgan fingerprint density at radius 3 is 2.55 bits per heavy atom. The highest BCUT2D eigenvalue weighted by molar-refractivity contribution is 5.27. The number of piperidine rings is 1. The third-order valence-corrected chi connectivity index (χ3v) is 3.97. The van der Waals surface area contributed by atoms with E-state index in [0.29, 0.717) is 0 Å². The summed E-state index contributed by atoms with van der Waals surface area (Å²) in [4.78, 5) is 1.49. The maximum atomic E-state index is 12.7. The minimum absolute atomic E-state index is 0.211. The van der Waals surface area contributed by atoms with Crippen LogP contribution < -0.4 is 5.32 Å². The van der Waals surface area contributed by atoms with Crippen molar-refractivity contribution in [2.45, 2.75) is 25.1 Å². The van der Waals surface area contributed by atoms with Gasteiger partial charge in [0, 0.05) is 6.54 Å². The van der Waals surface area contributed by atoms with E-state index in [1.54, 1.807) is 0 Å². The van der Waals surface area contributed by atoms with Gasteiger partial charge < -0.3 is 5.32 Å². The van der Waals surface area contributed by atoms with Gasteiger partial charge in [0.15, 0.2) is 6.33 Å². The summed E-state index contributed by atoms with van der Waals surface area (Å²) in [6.45, 7) is 1.74. The molecule has 1 saturated heterocycles. The zero-order valence-electron chi connectivity index (χ0n) is 11.8. The van der Waals surface area contributed by atoms with E-state index in [2.05, 4.69) is 20.7 Å². The zero-order chi connectivity index (χ0) is 15.6. The Kier molecular flexibility index (Phi) is 4.10. The van der Waals surface area contributed by atoms with Crippen molar-refractivity contribution in [3.05, 3.63) is 41.7 Å². The van der Waals surface area contributed by atoms with E-state index < -0.39 is 11.7 Å². The SMILES string of the molecule is FC(F)(F)c1ccc([C@H](C2CCCNC2)n2ncnn2)cc1. The van der Waals surface area contributed by atoms with Crippen molar-refractivity contribution in [3.8, 4) is 0 Å². The summed E-state index contributed by atoms with van der Waals surface area (Å²) >= 11 is 0. The zero-order valence-corrected chi connectivity index (χ0v) is 11.8. The van der Waals surface area contributed by atoms with Gasteiger partial charge in [-0.25, -0.2) is 0 Å². The molecule has 5 nitrogen and oxygen atoms in total. The second-order valence-corrected chi connectivity index (χ2v) is 5.43. The van der Waals surface area contributed by atoms with Crippen LogP contribution >= 0.6 is 0 Å². The maximum absolute atomic E-state index is 12.7. The van der Waals surface area contributed by atoms with E-state index >= 15 is 0 Å². The molecule has 0 aliphatic carbocycles. The van der Waals surface area contributed by atoms with Crippen molar-refractivity contribution in [1.82, 2.24) is 25.5 Å². The number of nitrogens with zero attached hydrogens (tertiary/aromatic N) is 4. The van der Waals surface area contributed by atoms with Gasteiger partial charge in [0.05, 0.1) is 5.56 Å². The number of benzene rings is 1. The van der Waals surface area contributed by atoms with Gasteiger partial charge in [0.1, 0.15) is 6.04 Å². The monoisotopic (exact) mass is 311 g/mol. The second-order valence-electron chi connectivity index (χ2n) is 5.43. The third kappa shape index (κ3) is 3.11. The fourth-order valence-electron chi connectivity index (χ4n) is 2.91. The smallest absolute Gasteiger partial charge is 0.316 e. The first-order valence-corrected chi connectivity index (χ1v) is 7.16. The molecule has 1 aromatic carbocycles. The normalized spacial score (nSPS) is 20.8. The molecule has 0 saturated carbocycles. The third-order valence-electron chi connectivity index (χ3n) is 3.97. The highest BCUT2D eigenvalue weighted by Crippen LogP contribution is 2.33. The molecule has 1 aromatic heterocycles. The molecule has 1 N–H and O–H groups in total. The number of nitrogens with one attached hydrogen (secondary N) is 1. The van der Waals surface area contributed by atoms with Gasteiger partial charge in [-0.15, -0.1) is 10.2 Å². The van der Waals surface area contributed by atoms with Crippen LogP contribution in [-0.4, -0.2) is 33.3 Å². The second kappa shape index (κ2) is 6.04. The average Bonchev–Trinajstić information content (AvgIpc) is 3.02. The average molecular weight is 311 g/mol. The molecule has 1 fully saturated rings. The van der Waals surface area contributed by atoms with Crippen molar-refractivity contribution >= 4 is 0 Å². The van der Waals surface area contributed by atoms with E-state index in [4.69, 9.17) is 0 Å². The van der Waals surface area contributed by atoms with Gasteiger partial charge in [0.2, 0.25) is 0 Å². The molecule has 3 rings (SSSR count). The predicted octanol–water partition coefficient (Wildman–Crippen LogP) is 2.28. The quantitative estimate of drug-likeness (QED) is 0.945. The summed E-state index contributed by atoms with van der Waals surface area (Å²) in [6.07, 6.45) is -0.990. The van der Waals surface area contributed by atoms with Crippen LogP contribution in [0.3, 0.4) is 0 Å². The van der Waals surface area contributed by atoms with Crippen LogP contribution in [0.5, 0.6) is 0 Å². The van der Waals surface area contributed by atoms with E-state index in [1.807, 2.05) is 0 Å². The fraction of sp³-hybridized carbons (Fsp3) is 0.500. The molecule has 118 valence electrons. The van der Waals surface area contributed by atoms with E-state index in [0.717, 1.165) is 43.6 Å². The van der Waals surface area contributed by atoms with Gasteiger partial charge in [-0.3, -0.25) is 0 Å². The first-order chi connectivity index (χ1) is 10.6. The lowest BCUT2D eigenvalue weighted by Gasteiger charge is -2.30. The van der Waals surface area contributed by atoms with Crippen molar-refractivity contribution in [2.24, 2.45) is 5.92 Å². The lowest BCUT2D eigenvalue weighted by Crippen LogP contribution is -2.36. The Morgan fingerprint density at radius 2 is 2.00 bits per heavy atom. The highest BCUT2D eigenvalue weighted by atomic mass is 19.4. The molecule has 1 aliphatic rings. The lowest BCUT2D eigenvalue weighted by atomic mass is 9.87. The highest BCUT2D eigenvalue weighted by Gasteiger charge is 2.32. The number of hydrogen-bond donors (Lipinski definition) is 1. The Hall–Kier alpha value is -1.96. The number of halogens is 3. The van der Waals surface area contributed by atoms with E-state index in [9.17, 15) is 13.2 Å². The summed E-state index contributed by atoms with van der Waals surface area (Å²) in [5, 5.41) is 15.1. The van der Waals surface area contributed by atoms with Gasteiger partial charge in [-0.1, -0.05) is 12.1 Å². The largest absolute Gasteiger partial charge is 0.416 e. The summed E-state index contributed by atoms with van der Waals surface area (Å²) < 4.78 is 38.1. The van der Waals surface area contributed by atoms with Gasteiger partial charge in [0.25, 0.3) is 0 Å². The van der Waals surface area contributed by atoms with Crippen LogP contribution in [0.15, 0.2) is 30.6 Å². The van der Waals surface area contributed by atoms with Gasteiger partial charge in [-0.2, -0.15) is 18.0 Å². The molecule has 2 atom stereocenters. The number of alkyl halides is 3. The molecular formula is C14H16F3N5. The minimum atomic E-state index is -4.33. The molecule has 0 radical (unpaired) electrons. The Bertz CT molecular complexity index is 588. The summed E-state index contributed by atoms with van der Waals surface area (Å²) in [5.41, 5.74) is 0.114. The van der Waals surface area contributed by atoms with Crippen LogP contribution in [0.2, 0.25) is 0 Å². The van der Waals surface area contributed by atoms with Crippen LogP contribution in [-0.2, 0) is 6.18 Å². The molecule has 2 aromatic rings. The minimum Gasteiger partial charge on any atom is -0.316 e. The first kappa shape index (κ1) is 15.0. The number of rotatable bonds is 3. The topological polar surface area (TPSA) is 55.6 Å². The summed E-state index contributed by atoms with van der Waals surface area (Å²) in [7, 11) is 0. The number of tetrazole rings is 1. The van der Waals surface area contributed by atoms with Crippen LogP contribution in [0.25, 0.3) is 0 Å². The predicted molar refractivity (Wildman–Crippen MR) is 73.0 cm³/mol. The van der Waals surface area contributed by atoms with Crippen LogP contribution in [0, 0.1) is 5.92 Å². The molecule has 0 spiro atoms. The van der Waals surface area contributed by atoms with Crippen molar-refractivity contribution < 1.29 is 13.2 Å². The van der Waals surface area contributed by atoms with E-state index in [1.165, 1.54) is 23.3 Å². The van der Waals surface area contributed by atoms with E-state index in [-0.39, 0.29) is 12.0 Å². The van der Waals surface area contributed by atoms with Crippen LogP contribution in [0.1, 0.15) is 30.0 Å². The molecule has 0 amide bonds. The van der Waals surface area contributed by atoms with Crippen molar-refractivity contribution in [1.29, 1.82) is 0 Å². The first-order valence-electron chi connectivity index (χ1n) is 7.16.